The van der Waals surface area contributed by atoms with Crippen molar-refractivity contribution in [3.8, 4) is 0 Å². The molecule has 19 heavy (non-hydrogen) atoms. The molecule has 0 radical (unpaired) electrons. The first-order valence-corrected chi connectivity index (χ1v) is 6.81. The molecule has 1 rings (SSSR count). The zero-order valence-electron chi connectivity index (χ0n) is 12.3. The third-order valence-electron chi connectivity index (χ3n) is 3.36. The van der Waals surface area contributed by atoms with Gasteiger partial charge in [0.2, 0.25) is 0 Å². The first-order chi connectivity index (χ1) is 8.84. The summed E-state index contributed by atoms with van der Waals surface area (Å²) in [5.74, 6) is 0. The van der Waals surface area contributed by atoms with Gasteiger partial charge in [-0.05, 0) is 30.4 Å². The fourth-order valence-corrected chi connectivity index (χ4v) is 2.18. The highest BCUT2D eigenvalue weighted by Gasteiger charge is 2.23. The molecule has 0 saturated carbocycles. The van der Waals surface area contributed by atoms with E-state index in [0.29, 0.717) is 6.04 Å². The molecule has 0 fully saturated rings. The Morgan fingerprint density at radius 1 is 1.26 bits per heavy atom. The largest absolute Gasteiger partial charge is 0.314 e. The highest BCUT2D eigenvalue weighted by molar-refractivity contribution is 5.32. The van der Waals surface area contributed by atoms with Crippen LogP contribution in [0.4, 0.5) is 5.69 Å². The van der Waals surface area contributed by atoms with Crippen molar-refractivity contribution in [2.24, 2.45) is 5.41 Å². The highest BCUT2D eigenvalue weighted by Crippen LogP contribution is 2.23. The van der Waals surface area contributed by atoms with Crippen LogP contribution in [0.25, 0.3) is 0 Å². The van der Waals surface area contributed by atoms with E-state index in [1.54, 1.807) is 12.1 Å². The summed E-state index contributed by atoms with van der Waals surface area (Å²) < 4.78 is 0. The number of nitro groups is 1. The van der Waals surface area contributed by atoms with E-state index >= 15 is 0 Å². The lowest BCUT2D eigenvalue weighted by molar-refractivity contribution is -0.384. The van der Waals surface area contributed by atoms with Crippen molar-refractivity contribution in [2.45, 2.75) is 46.6 Å². The fraction of sp³-hybridized carbons (Fsp3) is 0.600. The minimum atomic E-state index is -0.361. The van der Waals surface area contributed by atoms with E-state index in [1.165, 1.54) is 0 Å². The first kappa shape index (κ1) is 15.6. The van der Waals surface area contributed by atoms with E-state index in [-0.39, 0.29) is 16.0 Å². The molecule has 0 aliphatic rings. The van der Waals surface area contributed by atoms with Crippen molar-refractivity contribution in [2.75, 3.05) is 6.54 Å². The van der Waals surface area contributed by atoms with Gasteiger partial charge in [0.1, 0.15) is 0 Å². The van der Waals surface area contributed by atoms with Crippen LogP contribution in [0, 0.1) is 15.5 Å². The van der Waals surface area contributed by atoms with Crippen molar-refractivity contribution in [3.63, 3.8) is 0 Å². The quantitative estimate of drug-likeness (QED) is 0.631. The Kier molecular flexibility index (Phi) is 5.48. The number of non-ortho nitro benzene ring substituents is 1. The summed E-state index contributed by atoms with van der Waals surface area (Å²) in [6, 6.07) is 7.31. The van der Waals surface area contributed by atoms with Gasteiger partial charge in [-0.25, -0.2) is 0 Å². The van der Waals surface area contributed by atoms with Crippen LogP contribution in [0.15, 0.2) is 24.3 Å². The van der Waals surface area contributed by atoms with Crippen LogP contribution in [-0.2, 0) is 6.42 Å². The van der Waals surface area contributed by atoms with Crippen LogP contribution in [0.3, 0.4) is 0 Å². The first-order valence-electron chi connectivity index (χ1n) is 6.81. The Hall–Kier alpha value is -1.42. The Morgan fingerprint density at radius 2 is 1.84 bits per heavy atom. The second-order valence-electron chi connectivity index (χ2n) is 5.94. The van der Waals surface area contributed by atoms with Gasteiger partial charge in [-0.3, -0.25) is 10.1 Å². The molecule has 1 aromatic rings. The topological polar surface area (TPSA) is 55.2 Å². The number of nitrogens with zero attached hydrogens (tertiary/aromatic N) is 1. The third-order valence-corrected chi connectivity index (χ3v) is 3.36. The molecule has 4 nitrogen and oxygen atoms in total. The summed E-state index contributed by atoms with van der Waals surface area (Å²) in [6.45, 7) is 9.77. The van der Waals surface area contributed by atoms with Crippen molar-refractivity contribution in [3.05, 3.63) is 39.9 Å². The van der Waals surface area contributed by atoms with E-state index in [2.05, 4.69) is 33.0 Å². The molecule has 0 heterocycles. The highest BCUT2D eigenvalue weighted by atomic mass is 16.6. The van der Waals surface area contributed by atoms with Gasteiger partial charge in [0, 0.05) is 18.2 Å². The monoisotopic (exact) mass is 264 g/mol. The fourth-order valence-electron chi connectivity index (χ4n) is 2.18. The lowest BCUT2D eigenvalue weighted by Crippen LogP contribution is -2.40. The Bertz CT molecular complexity index is 407. The maximum absolute atomic E-state index is 10.6. The zero-order valence-corrected chi connectivity index (χ0v) is 12.3. The van der Waals surface area contributed by atoms with Gasteiger partial charge >= 0.3 is 0 Å². The van der Waals surface area contributed by atoms with Crippen LogP contribution in [0.5, 0.6) is 0 Å². The summed E-state index contributed by atoms with van der Waals surface area (Å²) in [6.07, 6.45) is 1.97. The molecule has 0 amide bonds. The normalized spacial score (nSPS) is 13.3. The maximum atomic E-state index is 10.6. The summed E-state index contributed by atoms with van der Waals surface area (Å²) in [5.41, 5.74) is 1.53. The van der Waals surface area contributed by atoms with E-state index in [0.717, 1.165) is 24.9 Å². The van der Waals surface area contributed by atoms with Crippen molar-refractivity contribution in [1.29, 1.82) is 0 Å². The second kappa shape index (κ2) is 6.66. The van der Waals surface area contributed by atoms with Crippen LogP contribution in [0.1, 0.15) is 39.7 Å². The van der Waals surface area contributed by atoms with Gasteiger partial charge in [0.15, 0.2) is 0 Å². The predicted octanol–water partition coefficient (Wildman–Crippen LogP) is 3.55. The van der Waals surface area contributed by atoms with E-state index in [1.807, 2.05) is 12.1 Å². The molecular formula is C15H24N2O2. The Labute approximate surface area is 115 Å². The summed E-state index contributed by atoms with van der Waals surface area (Å²) in [5, 5.41) is 14.1. The molecule has 1 aromatic carbocycles. The Balaban J connectivity index is 2.61. The zero-order chi connectivity index (χ0) is 14.5. The molecule has 0 aliphatic carbocycles. The molecule has 4 heteroatoms. The van der Waals surface area contributed by atoms with Crippen molar-refractivity contribution < 1.29 is 4.92 Å². The maximum Gasteiger partial charge on any atom is 0.269 e. The molecule has 1 N–H and O–H groups in total. The average Bonchev–Trinajstić information content (AvgIpc) is 2.33. The van der Waals surface area contributed by atoms with Gasteiger partial charge in [0.05, 0.1) is 4.92 Å². The summed E-state index contributed by atoms with van der Waals surface area (Å²) >= 11 is 0. The number of hydrogen-bond acceptors (Lipinski definition) is 3. The molecule has 0 aromatic heterocycles. The second-order valence-corrected chi connectivity index (χ2v) is 5.94. The number of aryl methyl sites for hydroxylation is 1. The van der Waals surface area contributed by atoms with E-state index < -0.39 is 0 Å². The number of hydrogen-bond donors (Lipinski definition) is 1. The lowest BCUT2D eigenvalue weighted by Gasteiger charge is -2.31. The lowest BCUT2D eigenvalue weighted by atomic mass is 9.83. The number of rotatable bonds is 6. The van der Waals surface area contributed by atoms with Gasteiger partial charge in [-0.15, -0.1) is 0 Å². The van der Waals surface area contributed by atoms with Gasteiger partial charge in [-0.1, -0.05) is 39.8 Å². The number of nitrogens with one attached hydrogen (secondary N) is 1. The molecule has 0 bridgehead atoms. The number of benzene rings is 1. The molecule has 1 atom stereocenters. The molecule has 106 valence electrons. The predicted molar refractivity (Wildman–Crippen MR) is 78.3 cm³/mol. The van der Waals surface area contributed by atoms with Crippen LogP contribution < -0.4 is 5.32 Å². The van der Waals surface area contributed by atoms with Crippen LogP contribution >= 0.6 is 0 Å². The van der Waals surface area contributed by atoms with E-state index in [4.69, 9.17) is 0 Å². The van der Waals surface area contributed by atoms with Crippen LogP contribution in [0.2, 0.25) is 0 Å². The van der Waals surface area contributed by atoms with Crippen LogP contribution in [-0.4, -0.2) is 17.5 Å². The molecule has 0 aliphatic heterocycles. The molecule has 1 unspecified atom stereocenters. The molecule has 0 spiro atoms. The van der Waals surface area contributed by atoms with Crippen molar-refractivity contribution in [1.82, 2.24) is 5.32 Å². The average molecular weight is 264 g/mol. The van der Waals surface area contributed by atoms with Gasteiger partial charge in [0.25, 0.3) is 5.69 Å². The SMILES string of the molecule is CCNC(CCc1ccc([N+](=O)[O-])cc1)C(C)(C)C. The summed E-state index contributed by atoms with van der Waals surface area (Å²) in [7, 11) is 0. The van der Waals surface area contributed by atoms with Crippen molar-refractivity contribution >= 4 is 5.69 Å². The Morgan fingerprint density at radius 3 is 2.26 bits per heavy atom. The standard InChI is InChI=1S/C15H24N2O2/c1-5-16-14(15(2,3)4)11-8-12-6-9-13(10-7-12)17(18)19/h6-7,9-10,14,16H,5,8,11H2,1-4H3. The van der Waals surface area contributed by atoms with Gasteiger partial charge < -0.3 is 5.32 Å². The third kappa shape index (κ3) is 4.99. The number of nitro benzene ring substituents is 1. The van der Waals surface area contributed by atoms with E-state index in [9.17, 15) is 10.1 Å². The van der Waals surface area contributed by atoms with Gasteiger partial charge in [-0.2, -0.15) is 0 Å². The smallest absolute Gasteiger partial charge is 0.269 e. The molecular weight excluding hydrogens is 240 g/mol. The molecule has 0 saturated heterocycles. The minimum Gasteiger partial charge on any atom is -0.314 e. The minimum absolute atomic E-state index is 0.155. The summed E-state index contributed by atoms with van der Waals surface area (Å²) in [4.78, 5) is 10.2.